The fourth-order valence-electron chi connectivity index (χ4n) is 8.74. The van der Waals surface area contributed by atoms with Crippen LogP contribution in [0.1, 0.15) is 303 Å². The highest BCUT2D eigenvalue weighted by Gasteiger charge is 2.19. The zero-order chi connectivity index (χ0) is 52.9. The predicted molar refractivity (Wildman–Crippen MR) is 316 cm³/mol. The highest BCUT2D eigenvalue weighted by Crippen LogP contribution is 2.16. The molecule has 0 aliphatic rings. The molecule has 0 spiro atoms. The lowest BCUT2D eigenvalue weighted by molar-refractivity contribution is -0.167. The number of hydrogen-bond acceptors (Lipinski definition) is 6. The molecule has 0 aromatic heterocycles. The summed E-state index contributed by atoms with van der Waals surface area (Å²) in [7, 11) is 0. The van der Waals surface area contributed by atoms with Gasteiger partial charge in [-0.05, 0) is 96.3 Å². The quantitative estimate of drug-likeness (QED) is 0.0261. The van der Waals surface area contributed by atoms with Crippen LogP contribution in [0.25, 0.3) is 0 Å². The van der Waals surface area contributed by atoms with Gasteiger partial charge in [0.2, 0.25) is 0 Å². The van der Waals surface area contributed by atoms with Crippen LogP contribution in [0.5, 0.6) is 0 Å². The van der Waals surface area contributed by atoms with Crippen molar-refractivity contribution in [2.45, 2.75) is 309 Å². The molecule has 0 fully saturated rings. The molecule has 6 heteroatoms. The van der Waals surface area contributed by atoms with Crippen molar-refractivity contribution in [1.29, 1.82) is 0 Å². The van der Waals surface area contributed by atoms with Crippen LogP contribution in [0, 0.1) is 0 Å². The van der Waals surface area contributed by atoms with E-state index in [0.717, 1.165) is 109 Å². The molecule has 0 saturated heterocycles. The number of allylic oxidation sites excluding steroid dienone is 14. The van der Waals surface area contributed by atoms with Crippen LogP contribution in [-0.2, 0) is 28.6 Å². The Hall–Kier alpha value is -3.41. The van der Waals surface area contributed by atoms with Crippen molar-refractivity contribution >= 4 is 17.9 Å². The maximum atomic E-state index is 12.9. The standard InChI is InChI=1S/C67H116O6/c1-4-7-10-13-16-19-22-24-26-28-30-32-33-35-36-38-40-42-45-48-51-54-57-60-66(69)72-63-64(62-71-65(68)59-56-53-50-47-44-21-18-15-12-9-6-3)73-67(70)61-58-55-52-49-46-43-41-39-37-34-31-29-27-25-23-20-17-14-11-8-5-2/h7,10,16,19,24,26,29-32,35-36,40,42,64H,4-6,8-9,11-15,17-18,20-23,25,27-28,33-34,37-39,41,43-63H2,1-3H3/b10-7-,19-16-,26-24-,31-29-,32-30-,36-35-,42-40-. The van der Waals surface area contributed by atoms with Crippen molar-refractivity contribution in [3.8, 4) is 0 Å². The maximum Gasteiger partial charge on any atom is 0.306 e. The van der Waals surface area contributed by atoms with E-state index in [1.165, 1.54) is 154 Å². The minimum Gasteiger partial charge on any atom is -0.462 e. The first kappa shape index (κ1) is 69.6. The highest BCUT2D eigenvalue weighted by atomic mass is 16.6. The summed E-state index contributed by atoms with van der Waals surface area (Å²) in [5, 5.41) is 0. The third-order valence-corrected chi connectivity index (χ3v) is 13.4. The van der Waals surface area contributed by atoms with Gasteiger partial charge in [-0.3, -0.25) is 14.4 Å². The molecule has 0 aromatic rings. The Labute approximate surface area is 452 Å². The van der Waals surface area contributed by atoms with Gasteiger partial charge in [-0.2, -0.15) is 0 Å². The van der Waals surface area contributed by atoms with E-state index in [-0.39, 0.29) is 31.1 Å². The Bertz CT molecular complexity index is 1400. The fourth-order valence-corrected chi connectivity index (χ4v) is 8.74. The molecule has 420 valence electrons. The molecule has 0 aromatic carbocycles. The van der Waals surface area contributed by atoms with Crippen molar-refractivity contribution in [3.63, 3.8) is 0 Å². The third-order valence-electron chi connectivity index (χ3n) is 13.4. The predicted octanol–water partition coefficient (Wildman–Crippen LogP) is 21.1. The zero-order valence-corrected chi connectivity index (χ0v) is 48.1. The minimum atomic E-state index is -0.787. The van der Waals surface area contributed by atoms with E-state index in [1.54, 1.807) is 0 Å². The molecular formula is C67H116O6. The fraction of sp³-hybridized carbons (Fsp3) is 0.746. The lowest BCUT2D eigenvalue weighted by atomic mass is 10.1. The van der Waals surface area contributed by atoms with Gasteiger partial charge in [0.1, 0.15) is 13.2 Å². The zero-order valence-electron chi connectivity index (χ0n) is 48.1. The van der Waals surface area contributed by atoms with Gasteiger partial charge >= 0.3 is 17.9 Å². The second-order valence-corrected chi connectivity index (χ2v) is 20.6. The average molecular weight is 1020 g/mol. The van der Waals surface area contributed by atoms with E-state index in [2.05, 4.69) is 106 Å². The lowest BCUT2D eigenvalue weighted by Crippen LogP contribution is -2.30. The average Bonchev–Trinajstić information content (AvgIpc) is 3.39. The summed E-state index contributed by atoms with van der Waals surface area (Å²) >= 11 is 0. The molecule has 6 nitrogen and oxygen atoms in total. The van der Waals surface area contributed by atoms with Crippen molar-refractivity contribution in [2.24, 2.45) is 0 Å². The molecule has 0 bridgehead atoms. The van der Waals surface area contributed by atoms with Gasteiger partial charge in [0.15, 0.2) is 6.10 Å². The molecule has 0 aliphatic heterocycles. The number of carbonyl (C=O) groups excluding carboxylic acids is 3. The van der Waals surface area contributed by atoms with Crippen molar-refractivity contribution < 1.29 is 28.6 Å². The number of ether oxygens (including phenoxy) is 3. The van der Waals surface area contributed by atoms with E-state index in [0.29, 0.717) is 19.3 Å². The third kappa shape index (κ3) is 59.3. The summed E-state index contributed by atoms with van der Waals surface area (Å²) in [5.74, 6) is -0.902. The van der Waals surface area contributed by atoms with Gasteiger partial charge < -0.3 is 14.2 Å². The summed E-state index contributed by atoms with van der Waals surface area (Å²) in [4.78, 5) is 38.2. The second kappa shape index (κ2) is 61.1. The molecular weight excluding hydrogens is 901 g/mol. The largest absolute Gasteiger partial charge is 0.462 e. The Morgan fingerprint density at radius 1 is 0.288 bits per heavy atom. The summed E-state index contributed by atoms with van der Waals surface area (Å²) in [6.45, 7) is 6.52. The molecule has 0 N–H and O–H groups in total. The number of rotatable bonds is 56. The first-order chi connectivity index (χ1) is 36.0. The molecule has 0 saturated carbocycles. The summed E-state index contributed by atoms with van der Waals surface area (Å²) < 4.78 is 16.9. The Morgan fingerprint density at radius 3 is 0.849 bits per heavy atom. The molecule has 0 amide bonds. The maximum absolute atomic E-state index is 12.9. The first-order valence-corrected chi connectivity index (χ1v) is 31.1. The van der Waals surface area contributed by atoms with Crippen LogP contribution in [0.3, 0.4) is 0 Å². The number of unbranched alkanes of at least 4 members (excludes halogenated alkanes) is 31. The lowest BCUT2D eigenvalue weighted by Gasteiger charge is -2.18. The molecule has 0 rings (SSSR count). The first-order valence-electron chi connectivity index (χ1n) is 31.1. The van der Waals surface area contributed by atoms with Crippen LogP contribution in [-0.4, -0.2) is 37.2 Å². The van der Waals surface area contributed by atoms with E-state index in [9.17, 15) is 14.4 Å². The van der Waals surface area contributed by atoms with E-state index in [4.69, 9.17) is 14.2 Å². The SMILES string of the molecule is CC/C=C\C/C=C\C/C=C\C/C=C\C/C=C\C/C=C\CCCCCCC(=O)OCC(COC(=O)CCCCCCCCCCCCC)OC(=O)CCCCCCCCCCC/C=C\CCCCCCCCCC. The minimum absolute atomic E-state index is 0.0833. The van der Waals surface area contributed by atoms with Crippen LogP contribution in [0.15, 0.2) is 85.1 Å². The number of esters is 3. The monoisotopic (exact) mass is 1020 g/mol. The van der Waals surface area contributed by atoms with Gasteiger partial charge in [0.25, 0.3) is 0 Å². The Morgan fingerprint density at radius 2 is 0.534 bits per heavy atom. The molecule has 0 heterocycles. The van der Waals surface area contributed by atoms with Crippen molar-refractivity contribution in [2.75, 3.05) is 13.2 Å². The van der Waals surface area contributed by atoms with Gasteiger partial charge in [0, 0.05) is 19.3 Å². The van der Waals surface area contributed by atoms with Gasteiger partial charge in [0.05, 0.1) is 0 Å². The van der Waals surface area contributed by atoms with Crippen LogP contribution < -0.4 is 0 Å². The summed E-state index contributed by atoms with van der Waals surface area (Å²) in [6.07, 6.45) is 80.1. The molecule has 1 atom stereocenters. The van der Waals surface area contributed by atoms with E-state index >= 15 is 0 Å². The van der Waals surface area contributed by atoms with Crippen LogP contribution in [0.4, 0.5) is 0 Å². The number of hydrogen-bond donors (Lipinski definition) is 0. The number of carbonyl (C=O) groups is 3. The molecule has 0 radical (unpaired) electrons. The van der Waals surface area contributed by atoms with Crippen molar-refractivity contribution in [1.82, 2.24) is 0 Å². The second-order valence-electron chi connectivity index (χ2n) is 20.6. The van der Waals surface area contributed by atoms with Crippen molar-refractivity contribution in [3.05, 3.63) is 85.1 Å². The molecule has 0 aliphatic carbocycles. The van der Waals surface area contributed by atoms with E-state index in [1.807, 2.05) is 0 Å². The van der Waals surface area contributed by atoms with Gasteiger partial charge in [-0.25, -0.2) is 0 Å². The van der Waals surface area contributed by atoms with Crippen LogP contribution in [0.2, 0.25) is 0 Å². The summed E-state index contributed by atoms with van der Waals surface area (Å²) in [6, 6.07) is 0. The van der Waals surface area contributed by atoms with E-state index < -0.39 is 6.10 Å². The van der Waals surface area contributed by atoms with Crippen LogP contribution >= 0.6 is 0 Å². The topological polar surface area (TPSA) is 78.9 Å². The molecule has 1 unspecified atom stereocenters. The van der Waals surface area contributed by atoms with Gasteiger partial charge in [-0.15, -0.1) is 0 Å². The summed E-state index contributed by atoms with van der Waals surface area (Å²) in [5.41, 5.74) is 0. The Kier molecular flexibility index (Phi) is 58.3. The highest BCUT2D eigenvalue weighted by molar-refractivity contribution is 5.71. The smallest absolute Gasteiger partial charge is 0.306 e. The normalized spacial score (nSPS) is 12.6. The molecule has 73 heavy (non-hydrogen) atoms. The van der Waals surface area contributed by atoms with Gasteiger partial charge in [-0.1, -0.05) is 273 Å². The Balaban J connectivity index is 4.35.